The maximum atomic E-state index is 12.8. The number of nitrogens with one attached hydrogen (secondary N) is 1. The minimum absolute atomic E-state index is 0.00600. The summed E-state index contributed by atoms with van der Waals surface area (Å²) >= 11 is 4.98. The van der Waals surface area contributed by atoms with Crippen LogP contribution in [0.5, 0.6) is 0 Å². The number of hydrogen-bond donors (Lipinski definition) is 1. The van der Waals surface area contributed by atoms with Gasteiger partial charge in [-0.25, -0.2) is 0 Å². The molecule has 0 bridgehead atoms. The molecular weight excluding hydrogens is 412 g/mol. The second kappa shape index (κ2) is 7.53. The van der Waals surface area contributed by atoms with E-state index in [-0.39, 0.29) is 23.8 Å². The first kappa shape index (κ1) is 17.7. The molecule has 2 aliphatic rings. The number of benzene rings is 1. The summed E-state index contributed by atoms with van der Waals surface area (Å²) in [7, 11) is 0. The second-order valence-corrected chi connectivity index (χ2v) is 8.78. The van der Waals surface area contributed by atoms with E-state index in [1.165, 1.54) is 16.9 Å². The number of nitrogens with zero attached hydrogens (tertiary/aromatic N) is 1. The molecule has 2 amide bonds. The fourth-order valence-electron chi connectivity index (χ4n) is 3.69. The molecule has 1 N–H and O–H groups in total. The highest BCUT2D eigenvalue weighted by atomic mass is 79.9. The monoisotopic (exact) mass is 432 g/mol. The van der Waals surface area contributed by atoms with Crippen molar-refractivity contribution in [2.75, 3.05) is 13.1 Å². The number of thiophene rings is 1. The lowest BCUT2D eigenvalue weighted by atomic mass is 10.0. The van der Waals surface area contributed by atoms with Crippen molar-refractivity contribution in [3.05, 3.63) is 56.7 Å². The normalized spacial score (nSPS) is 22.9. The third kappa shape index (κ3) is 3.86. The average molecular weight is 433 g/mol. The van der Waals surface area contributed by atoms with Gasteiger partial charge in [-0.05, 0) is 54.3 Å². The molecule has 2 aromatic rings. The van der Waals surface area contributed by atoms with Crippen LogP contribution in [0, 0.1) is 5.92 Å². The van der Waals surface area contributed by atoms with Crippen LogP contribution in [0.3, 0.4) is 0 Å². The summed E-state index contributed by atoms with van der Waals surface area (Å²) < 4.78 is 1.07. The fourth-order valence-corrected chi connectivity index (χ4v) is 4.59. The first-order valence-corrected chi connectivity index (χ1v) is 10.7. The van der Waals surface area contributed by atoms with Gasteiger partial charge in [0.15, 0.2) is 0 Å². The van der Waals surface area contributed by atoms with Crippen molar-refractivity contribution in [2.45, 2.75) is 31.2 Å². The van der Waals surface area contributed by atoms with E-state index in [9.17, 15) is 9.59 Å². The Kier molecular flexibility index (Phi) is 5.14. The Bertz CT molecular complexity index is 783. The third-order valence-electron chi connectivity index (χ3n) is 5.33. The highest BCUT2D eigenvalue weighted by Crippen LogP contribution is 2.48. The molecule has 1 saturated carbocycles. The van der Waals surface area contributed by atoms with Gasteiger partial charge in [0.2, 0.25) is 5.91 Å². The number of carbonyl (C=O) groups excluding carboxylic acids is 2. The van der Waals surface area contributed by atoms with Gasteiger partial charge in [-0.3, -0.25) is 9.59 Å². The Morgan fingerprint density at radius 1 is 1.12 bits per heavy atom. The van der Waals surface area contributed by atoms with Crippen molar-refractivity contribution in [3.8, 4) is 0 Å². The second-order valence-electron chi connectivity index (χ2n) is 7.09. The summed E-state index contributed by atoms with van der Waals surface area (Å²) in [6.45, 7) is 1.47. The van der Waals surface area contributed by atoms with Crippen molar-refractivity contribution in [2.24, 2.45) is 5.92 Å². The highest BCUT2D eigenvalue weighted by Gasteiger charge is 2.46. The van der Waals surface area contributed by atoms with E-state index in [4.69, 9.17) is 0 Å². The third-order valence-corrected chi connectivity index (χ3v) is 6.54. The van der Waals surface area contributed by atoms with Crippen LogP contribution < -0.4 is 5.32 Å². The molecule has 2 atom stereocenters. The Balaban J connectivity index is 1.26. The van der Waals surface area contributed by atoms with Gasteiger partial charge in [0.1, 0.15) is 0 Å². The lowest BCUT2D eigenvalue weighted by Gasteiger charge is -2.32. The predicted molar refractivity (Wildman–Crippen MR) is 106 cm³/mol. The van der Waals surface area contributed by atoms with Gasteiger partial charge in [0.05, 0.1) is 0 Å². The van der Waals surface area contributed by atoms with E-state index in [1.807, 2.05) is 33.9 Å². The van der Waals surface area contributed by atoms with Gasteiger partial charge in [-0.1, -0.05) is 28.1 Å². The molecule has 4 nitrogen and oxygen atoms in total. The SMILES string of the molecule is O=C(NC1CCN(C(=O)C2CC2c2ccc(Br)cc2)CC1)c1ccsc1. The highest BCUT2D eigenvalue weighted by molar-refractivity contribution is 9.10. The fraction of sp³-hybridized carbons (Fsp3) is 0.400. The smallest absolute Gasteiger partial charge is 0.252 e. The Morgan fingerprint density at radius 2 is 1.85 bits per heavy atom. The minimum atomic E-state index is -0.00600. The topological polar surface area (TPSA) is 49.4 Å². The van der Waals surface area contributed by atoms with E-state index in [0.717, 1.165) is 42.4 Å². The summed E-state index contributed by atoms with van der Waals surface area (Å²) in [4.78, 5) is 26.9. The van der Waals surface area contributed by atoms with E-state index in [1.54, 1.807) is 0 Å². The van der Waals surface area contributed by atoms with Crippen LogP contribution in [-0.2, 0) is 4.79 Å². The number of carbonyl (C=O) groups is 2. The number of likely N-dealkylation sites (tertiary alicyclic amines) is 1. The quantitative estimate of drug-likeness (QED) is 0.792. The molecule has 2 fully saturated rings. The number of hydrogen-bond acceptors (Lipinski definition) is 3. The zero-order chi connectivity index (χ0) is 18.1. The van der Waals surface area contributed by atoms with Gasteiger partial charge >= 0.3 is 0 Å². The molecular formula is C20H21BrN2O2S. The Hall–Kier alpha value is -1.66. The maximum Gasteiger partial charge on any atom is 0.252 e. The van der Waals surface area contributed by atoms with E-state index < -0.39 is 0 Å². The molecule has 2 heterocycles. The maximum absolute atomic E-state index is 12.8. The largest absolute Gasteiger partial charge is 0.349 e. The first-order valence-electron chi connectivity index (χ1n) is 8.99. The van der Waals surface area contributed by atoms with E-state index in [2.05, 4.69) is 33.4 Å². The van der Waals surface area contributed by atoms with Gasteiger partial charge in [-0.2, -0.15) is 11.3 Å². The summed E-state index contributed by atoms with van der Waals surface area (Å²) in [6, 6.07) is 10.3. The van der Waals surface area contributed by atoms with E-state index >= 15 is 0 Å². The van der Waals surface area contributed by atoms with Crippen LogP contribution in [0.25, 0.3) is 0 Å². The molecule has 26 heavy (non-hydrogen) atoms. The van der Waals surface area contributed by atoms with Gasteiger partial charge in [0.25, 0.3) is 5.91 Å². The lowest BCUT2D eigenvalue weighted by molar-refractivity contribution is -0.133. The van der Waals surface area contributed by atoms with Crippen LogP contribution in [0.2, 0.25) is 0 Å². The van der Waals surface area contributed by atoms with Crippen molar-refractivity contribution >= 4 is 39.1 Å². The Morgan fingerprint density at radius 3 is 2.50 bits per heavy atom. The summed E-state index contributed by atoms with van der Waals surface area (Å²) in [5.41, 5.74) is 1.98. The minimum Gasteiger partial charge on any atom is -0.349 e. The van der Waals surface area contributed by atoms with Crippen molar-refractivity contribution in [1.82, 2.24) is 10.2 Å². The Labute approximate surface area is 165 Å². The molecule has 1 aromatic heterocycles. The zero-order valence-electron chi connectivity index (χ0n) is 14.4. The number of rotatable bonds is 4. The molecule has 0 spiro atoms. The molecule has 1 saturated heterocycles. The summed E-state index contributed by atoms with van der Waals surface area (Å²) in [6.07, 6.45) is 2.61. The van der Waals surface area contributed by atoms with Crippen LogP contribution in [0.4, 0.5) is 0 Å². The number of piperidine rings is 1. The van der Waals surface area contributed by atoms with Crippen LogP contribution in [0.1, 0.15) is 41.1 Å². The summed E-state index contributed by atoms with van der Waals surface area (Å²) in [5.74, 6) is 0.772. The molecule has 1 aliphatic heterocycles. The number of halogens is 1. The standard InChI is InChI=1S/C20H21BrN2O2S/c21-15-3-1-13(2-4-15)17-11-18(17)20(25)23-8-5-16(6-9-23)22-19(24)14-7-10-26-12-14/h1-4,7,10,12,16-18H,5-6,8-9,11H2,(H,22,24). The van der Waals surface area contributed by atoms with Gasteiger partial charge in [-0.15, -0.1) is 0 Å². The molecule has 1 aliphatic carbocycles. The van der Waals surface area contributed by atoms with Gasteiger partial charge in [0, 0.05) is 40.5 Å². The molecule has 4 rings (SSSR count). The molecule has 2 unspecified atom stereocenters. The lowest BCUT2D eigenvalue weighted by Crippen LogP contribution is -2.47. The van der Waals surface area contributed by atoms with Crippen molar-refractivity contribution < 1.29 is 9.59 Å². The molecule has 136 valence electrons. The average Bonchev–Trinajstić information content (AvgIpc) is 3.25. The van der Waals surface area contributed by atoms with Crippen molar-refractivity contribution in [1.29, 1.82) is 0 Å². The van der Waals surface area contributed by atoms with Crippen molar-refractivity contribution in [3.63, 3.8) is 0 Å². The van der Waals surface area contributed by atoms with Gasteiger partial charge < -0.3 is 10.2 Å². The first-order chi connectivity index (χ1) is 12.6. The molecule has 0 radical (unpaired) electrons. The zero-order valence-corrected chi connectivity index (χ0v) is 16.8. The van der Waals surface area contributed by atoms with Crippen LogP contribution in [0.15, 0.2) is 45.6 Å². The summed E-state index contributed by atoms with van der Waals surface area (Å²) in [5, 5.41) is 6.87. The van der Waals surface area contributed by atoms with E-state index in [0.29, 0.717) is 5.92 Å². The van der Waals surface area contributed by atoms with Crippen LogP contribution >= 0.6 is 27.3 Å². The number of amides is 2. The van der Waals surface area contributed by atoms with Crippen LogP contribution in [-0.4, -0.2) is 35.8 Å². The predicted octanol–water partition coefficient (Wildman–Crippen LogP) is 4.04. The molecule has 1 aromatic carbocycles. The molecule has 6 heteroatoms.